The van der Waals surface area contributed by atoms with Gasteiger partial charge in [0.2, 0.25) is 0 Å². The summed E-state index contributed by atoms with van der Waals surface area (Å²) in [6, 6.07) is 0. The Morgan fingerprint density at radius 1 is 1.00 bits per heavy atom. The van der Waals surface area contributed by atoms with Gasteiger partial charge in [0.05, 0.1) is 0 Å². The van der Waals surface area contributed by atoms with Gasteiger partial charge in [-0.2, -0.15) is 0 Å². The second-order valence-electron chi connectivity index (χ2n) is 2.67. The predicted octanol–water partition coefficient (Wildman–Crippen LogP) is 5.03. The summed E-state index contributed by atoms with van der Waals surface area (Å²) in [7, 11) is 0. The lowest BCUT2D eigenvalue weighted by molar-refractivity contribution is 0.606. The Hall–Kier alpha value is 1.77. The third-order valence-corrected chi connectivity index (χ3v) is 5.48. The van der Waals surface area contributed by atoms with Crippen molar-refractivity contribution in [2.75, 3.05) is 0 Å². The molecule has 0 amide bonds. The van der Waals surface area contributed by atoms with Gasteiger partial charge in [0.15, 0.2) is 13.0 Å². The molecule has 0 heterocycles. The van der Waals surface area contributed by atoms with E-state index in [0.717, 1.165) is 0 Å². The lowest BCUT2D eigenvalue weighted by atomic mass is 10.0. The van der Waals surface area contributed by atoms with Crippen LogP contribution in [-0.2, 0) is 0 Å². The third-order valence-electron chi connectivity index (χ3n) is 1.61. The van der Waals surface area contributed by atoms with E-state index in [1.165, 1.54) is 6.08 Å². The van der Waals surface area contributed by atoms with E-state index in [4.69, 9.17) is 81.2 Å². The second-order valence-corrected chi connectivity index (χ2v) is 7.35. The van der Waals surface area contributed by atoms with Gasteiger partial charge < -0.3 is 0 Å². The number of allylic oxidation sites excluding steroid dienone is 2. The molecule has 0 fully saturated rings. The first-order valence-corrected chi connectivity index (χ1v) is 5.75. The van der Waals surface area contributed by atoms with Crippen LogP contribution in [0.3, 0.4) is 0 Å². The Bertz CT molecular complexity index is 252. The molecule has 0 saturated heterocycles. The highest BCUT2D eigenvalue weighted by Crippen LogP contribution is 2.60. The molecule has 1 aliphatic carbocycles. The Labute approximate surface area is 111 Å². The van der Waals surface area contributed by atoms with Crippen LogP contribution in [-0.4, -0.2) is 13.0 Å². The number of hydrogen-bond acceptors (Lipinski definition) is 0. The van der Waals surface area contributed by atoms with Gasteiger partial charge in [0.25, 0.3) is 0 Å². The van der Waals surface area contributed by atoms with Gasteiger partial charge in [-0.3, -0.25) is 0 Å². The maximum atomic E-state index is 5.86. The Balaban J connectivity index is 3.21. The van der Waals surface area contributed by atoms with E-state index in [-0.39, 0.29) is 6.42 Å². The molecule has 0 radical (unpaired) electrons. The summed E-state index contributed by atoms with van der Waals surface area (Å²) >= 11 is 40.8. The first kappa shape index (κ1) is 12.8. The highest BCUT2D eigenvalue weighted by atomic mass is 35.5. The fourth-order valence-electron chi connectivity index (χ4n) is 0.905. The van der Waals surface area contributed by atoms with Crippen molar-refractivity contribution in [2.45, 2.75) is 19.4 Å². The molecular formula is C6H3Cl7. The van der Waals surface area contributed by atoms with E-state index in [1.807, 2.05) is 0 Å². The van der Waals surface area contributed by atoms with Crippen molar-refractivity contribution in [1.29, 1.82) is 0 Å². The number of alkyl halides is 6. The molecule has 0 saturated carbocycles. The van der Waals surface area contributed by atoms with Crippen molar-refractivity contribution in [3.8, 4) is 0 Å². The molecule has 7 heteroatoms. The smallest absolute Gasteiger partial charge is 0.0977 e. The quantitative estimate of drug-likeness (QED) is 0.548. The molecule has 0 N–H and O–H groups in total. The average molecular weight is 323 g/mol. The van der Waals surface area contributed by atoms with Crippen LogP contribution in [0, 0.1) is 0 Å². The van der Waals surface area contributed by atoms with Crippen molar-refractivity contribution < 1.29 is 0 Å². The summed E-state index contributed by atoms with van der Waals surface area (Å²) < 4.78 is -4.81. The van der Waals surface area contributed by atoms with Crippen LogP contribution in [0.1, 0.15) is 6.42 Å². The monoisotopic (exact) mass is 320 g/mol. The van der Waals surface area contributed by atoms with E-state index < -0.39 is 13.0 Å². The van der Waals surface area contributed by atoms with Crippen LogP contribution in [0.4, 0.5) is 0 Å². The number of rotatable bonds is 0. The van der Waals surface area contributed by atoms with Crippen LogP contribution in [0.15, 0.2) is 11.1 Å². The van der Waals surface area contributed by atoms with Gasteiger partial charge in [-0.25, -0.2) is 0 Å². The van der Waals surface area contributed by atoms with Crippen molar-refractivity contribution in [3.05, 3.63) is 11.1 Å². The lowest BCUT2D eigenvalue weighted by Gasteiger charge is -2.42. The van der Waals surface area contributed by atoms with Gasteiger partial charge in [0.1, 0.15) is 0 Å². The summed E-state index contributed by atoms with van der Waals surface area (Å²) in [5, 5.41) is 0.326. The lowest BCUT2D eigenvalue weighted by Crippen LogP contribution is -2.51. The molecule has 1 rings (SSSR count). The largest absolute Gasteiger partial charge is 0.187 e. The molecule has 0 aliphatic heterocycles. The van der Waals surface area contributed by atoms with Gasteiger partial charge >= 0.3 is 0 Å². The maximum Gasteiger partial charge on any atom is 0.187 e. The zero-order chi connectivity index (χ0) is 10.5. The van der Waals surface area contributed by atoms with Gasteiger partial charge in [0, 0.05) is 11.5 Å². The highest BCUT2D eigenvalue weighted by molar-refractivity contribution is 6.71. The Kier molecular flexibility index (Phi) is 3.61. The van der Waals surface area contributed by atoms with Crippen molar-refractivity contribution in [1.82, 2.24) is 0 Å². The molecule has 1 aliphatic rings. The molecule has 0 aromatic carbocycles. The van der Waals surface area contributed by atoms with E-state index in [0.29, 0.717) is 5.03 Å². The SMILES string of the molecule is ClC1=CC(Cl)(Cl)C(Cl)(Cl)C(Cl)(Cl)C1. The second kappa shape index (κ2) is 3.66. The average Bonchev–Trinajstić information content (AvgIpc) is 1.80. The molecule has 76 valence electrons. The maximum absolute atomic E-state index is 5.86. The summed E-state index contributed by atoms with van der Waals surface area (Å²) in [4.78, 5) is 0. The fraction of sp³-hybridized carbons (Fsp3) is 0.667. The molecule has 0 bridgehead atoms. The summed E-state index contributed by atoms with van der Waals surface area (Å²) in [5.74, 6) is 0. The minimum atomic E-state index is -1.70. The summed E-state index contributed by atoms with van der Waals surface area (Å²) in [6.07, 6.45) is 1.42. The molecule has 0 spiro atoms. The first-order valence-electron chi connectivity index (χ1n) is 3.11. The summed E-state index contributed by atoms with van der Waals surface area (Å²) in [5.41, 5.74) is 0. The zero-order valence-electron chi connectivity index (χ0n) is 5.93. The van der Waals surface area contributed by atoms with Crippen molar-refractivity contribution in [3.63, 3.8) is 0 Å². The zero-order valence-corrected chi connectivity index (χ0v) is 11.2. The molecular weight excluding hydrogens is 320 g/mol. The molecule has 0 atom stereocenters. The molecule has 0 aromatic rings. The minimum absolute atomic E-state index is 0.103. The van der Waals surface area contributed by atoms with E-state index in [9.17, 15) is 0 Å². The van der Waals surface area contributed by atoms with E-state index in [1.54, 1.807) is 0 Å². The van der Waals surface area contributed by atoms with Crippen LogP contribution < -0.4 is 0 Å². The van der Waals surface area contributed by atoms with Crippen LogP contribution >= 0.6 is 81.2 Å². The molecule has 0 nitrogen and oxygen atoms in total. The van der Waals surface area contributed by atoms with E-state index >= 15 is 0 Å². The van der Waals surface area contributed by atoms with Crippen LogP contribution in [0.2, 0.25) is 0 Å². The molecule has 13 heavy (non-hydrogen) atoms. The minimum Gasteiger partial charge on any atom is -0.0977 e. The predicted molar refractivity (Wildman–Crippen MR) is 61.9 cm³/mol. The molecule has 0 unspecified atom stereocenters. The Morgan fingerprint density at radius 2 is 1.46 bits per heavy atom. The fourth-order valence-corrected chi connectivity index (χ4v) is 3.13. The van der Waals surface area contributed by atoms with Crippen molar-refractivity contribution in [2.24, 2.45) is 0 Å². The number of hydrogen-bond donors (Lipinski definition) is 0. The Morgan fingerprint density at radius 3 is 1.85 bits per heavy atom. The van der Waals surface area contributed by atoms with E-state index in [2.05, 4.69) is 0 Å². The third kappa shape index (κ3) is 2.15. The topological polar surface area (TPSA) is 0 Å². The molecule has 0 aromatic heterocycles. The van der Waals surface area contributed by atoms with Crippen LogP contribution in [0.25, 0.3) is 0 Å². The highest BCUT2D eigenvalue weighted by Gasteiger charge is 2.61. The normalized spacial score (nSPS) is 29.6. The van der Waals surface area contributed by atoms with Crippen molar-refractivity contribution >= 4 is 81.2 Å². The van der Waals surface area contributed by atoms with Crippen LogP contribution in [0.5, 0.6) is 0 Å². The standard InChI is InChI=1S/C6H3Cl7/c7-3-1-4(8,9)6(12,13)5(10,11)2-3/h1H,2H2. The first-order chi connectivity index (χ1) is 5.60. The summed E-state index contributed by atoms with van der Waals surface area (Å²) in [6.45, 7) is 0. The van der Waals surface area contributed by atoms with Gasteiger partial charge in [-0.15, -0.1) is 0 Å². The number of halogens is 7. The van der Waals surface area contributed by atoms with Gasteiger partial charge in [-0.1, -0.05) is 81.2 Å². The van der Waals surface area contributed by atoms with Gasteiger partial charge in [-0.05, 0) is 6.08 Å².